The zero-order chi connectivity index (χ0) is 15.1. The monoisotopic (exact) mass is 415 g/mol. The Kier molecular flexibility index (Phi) is 4.60. The zero-order valence-electron chi connectivity index (χ0n) is 10.3. The Bertz CT molecular complexity index is 764. The van der Waals surface area contributed by atoms with Crippen LogP contribution in [0.15, 0.2) is 21.5 Å². The normalized spacial score (nSPS) is 11.7. The lowest BCUT2D eigenvalue weighted by molar-refractivity contribution is 0.594. The highest BCUT2D eigenvalue weighted by Crippen LogP contribution is 2.34. The molecule has 0 aliphatic heterocycles. The summed E-state index contributed by atoms with van der Waals surface area (Å²) in [6.07, 6.45) is 0. The Morgan fingerprint density at radius 1 is 1.25 bits per heavy atom. The summed E-state index contributed by atoms with van der Waals surface area (Å²) in [5, 5.41) is 8.93. The summed E-state index contributed by atoms with van der Waals surface area (Å²) in [5.41, 5.74) is 0. The second kappa shape index (κ2) is 5.76. The second-order valence-electron chi connectivity index (χ2n) is 3.77. The van der Waals surface area contributed by atoms with Gasteiger partial charge in [0.15, 0.2) is 0 Å². The van der Waals surface area contributed by atoms with Crippen molar-refractivity contribution in [2.45, 2.75) is 11.8 Å². The number of hydrogen-bond acceptors (Lipinski definition) is 5. The van der Waals surface area contributed by atoms with E-state index in [2.05, 4.69) is 26.1 Å². The van der Waals surface area contributed by atoms with Crippen LogP contribution in [0.3, 0.4) is 0 Å². The van der Waals surface area contributed by atoms with Crippen molar-refractivity contribution in [2.24, 2.45) is 0 Å². The van der Waals surface area contributed by atoms with E-state index in [-0.39, 0.29) is 15.0 Å². The summed E-state index contributed by atoms with van der Waals surface area (Å²) >= 11 is 16.2. The predicted molar refractivity (Wildman–Crippen MR) is 84.4 cm³/mol. The van der Waals surface area contributed by atoms with Crippen molar-refractivity contribution >= 4 is 65.6 Å². The highest BCUT2D eigenvalue weighted by atomic mass is 79.9. The number of hydrogen-bond donors (Lipinski definition) is 0. The van der Waals surface area contributed by atoms with Crippen LogP contribution < -0.4 is 4.31 Å². The van der Waals surface area contributed by atoms with Gasteiger partial charge in [0.2, 0.25) is 5.13 Å². The number of halogens is 3. The fraction of sp³-hybridized carbons (Fsp3) is 0.200. The van der Waals surface area contributed by atoms with Gasteiger partial charge < -0.3 is 0 Å². The van der Waals surface area contributed by atoms with E-state index in [4.69, 9.17) is 23.2 Å². The number of nitrogens with zero attached hydrogens (tertiary/aromatic N) is 3. The van der Waals surface area contributed by atoms with Crippen LogP contribution in [0.25, 0.3) is 0 Å². The molecule has 0 aliphatic rings. The first-order chi connectivity index (χ1) is 9.23. The Morgan fingerprint density at radius 2 is 1.90 bits per heavy atom. The van der Waals surface area contributed by atoms with Gasteiger partial charge in [-0.05, 0) is 35.0 Å². The van der Waals surface area contributed by atoms with Gasteiger partial charge in [-0.1, -0.05) is 34.5 Å². The molecule has 0 spiro atoms. The largest absolute Gasteiger partial charge is 0.267 e. The second-order valence-corrected chi connectivity index (χ2v) is 8.54. The molecule has 10 heteroatoms. The van der Waals surface area contributed by atoms with E-state index in [0.717, 1.165) is 4.31 Å². The standard InChI is InChI=1S/C10H8BrCl2N3O2S2/c1-5-14-15-10(19-5)16(2)20(17,18)9-3-6(11)7(12)4-8(9)13/h3-4H,1-2H3. The number of aromatic nitrogens is 2. The fourth-order valence-corrected chi connectivity index (χ4v) is 4.61. The van der Waals surface area contributed by atoms with Crippen LogP contribution >= 0.6 is 50.5 Å². The SMILES string of the molecule is Cc1nnc(N(C)S(=O)(=O)c2cc(Br)c(Cl)cc2Cl)s1. The molecule has 20 heavy (non-hydrogen) atoms. The third-order valence-electron chi connectivity index (χ3n) is 2.40. The number of anilines is 1. The average molecular weight is 417 g/mol. The molecule has 0 radical (unpaired) electrons. The first kappa shape index (κ1) is 16.0. The van der Waals surface area contributed by atoms with E-state index in [0.29, 0.717) is 14.5 Å². The van der Waals surface area contributed by atoms with E-state index >= 15 is 0 Å². The van der Waals surface area contributed by atoms with Crippen LogP contribution in [-0.4, -0.2) is 25.7 Å². The molecule has 0 saturated heterocycles. The van der Waals surface area contributed by atoms with Crippen LogP contribution in [0.2, 0.25) is 10.0 Å². The molecule has 0 N–H and O–H groups in total. The van der Waals surface area contributed by atoms with Gasteiger partial charge in [-0.25, -0.2) is 12.7 Å². The highest BCUT2D eigenvalue weighted by Gasteiger charge is 2.27. The molecule has 0 amide bonds. The maximum Gasteiger partial charge on any atom is 0.267 e. The van der Waals surface area contributed by atoms with Crippen LogP contribution in [0.1, 0.15) is 5.01 Å². The van der Waals surface area contributed by atoms with Gasteiger partial charge in [-0.15, -0.1) is 10.2 Å². The Morgan fingerprint density at radius 3 is 2.45 bits per heavy atom. The summed E-state index contributed by atoms with van der Waals surface area (Å²) in [5.74, 6) is 0. The van der Waals surface area contributed by atoms with Gasteiger partial charge in [-0.3, -0.25) is 0 Å². The van der Waals surface area contributed by atoms with Crippen molar-refractivity contribution in [3.05, 3.63) is 31.7 Å². The van der Waals surface area contributed by atoms with Gasteiger partial charge in [0, 0.05) is 11.5 Å². The van der Waals surface area contributed by atoms with Crippen LogP contribution in [0.4, 0.5) is 5.13 Å². The summed E-state index contributed by atoms with van der Waals surface area (Å²) < 4.78 is 26.6. The molecule has 0 fully saturated rings. The Hall–Kier alpha value is -0.410. The maximum atomic E-state index is 12.5. The number of sulfonamides is 1. The van der Waals surface area contributed by atoms with E-state index in [1.54, 1.807) is 6.92 Å². The molecule has 2 aromatic rings. The van der Waals surface area contributed by atoms with Gasteiger partial charge in [-0.2, -0.15) is 0 Å². The number of rotatable bonds is 3. The van der Waals surface area contributed by atoms with Crippen molar-refractivity contribution in [3.8, 4) is 0 Å². The van der Waals surface area contributed by atoms with Crippen molar-refractivity contribution in [2.75, 3.05) is 11.4 Å². The van der Waals surface area contributed by atoms with Gasteiger partial charge in [0.1, 0.15) is 9.90 Å². The van der Waals surface area contributed by atoms with Crippen LogP contribution in [-0.2, 0) is 10.0 Å². The molecule has 1 aromatic carbocycles. The van der Waals surface area contributed by atoms with Crippen LogP contribution in [0.5, 0.6) is 0 Å². The third kappa shape index (κ3) is 2.94. The predicted octanol–water partition coefficient (Wildman–Crippen LogP) is 3.74. The minimum atomic E-state index is -3.83. The molecule has 108 valence electrons. The van der Waals surface area contributed by atoms with Crippen LogP contribution in [0, 0.1) is 6.92 Å². The quantitative estimate of drug-likeness (QED) is 0.715. The van der Waals surface area contributed by atoms with E-state index in [1.165, 1.54) is 30.5 Å². The third-order valence-corrected chi connectivity index (χ3v) is 6.84. The molecule has 0 saturated carbocycles. The molecular weight excluding hydrogens is 409 g/mol. The number of aryl methyl sites for hydroxylation is 1. The van der Waals surface area contributed by atoms with E-state index < -0.39 is 10.0 Å². The lowest BCUT2D eigenvalue weighted by Gasteiger charge is -2.17. The van der Waals surface area contributed by atoms with Crippen molar-refractivity contribution in [1.82, 2.24) is 10.2 Å². The molecule has 0 bridgehead atoms. The molecule has 2 rings (SSSR count). The Labute approximate surface area is 138 Å². The molecule has 0 unspecified atom stereocenters. The average Bonchev–Trinajstić information content (AvgIpc) is 2.79. The van der Waals surface area contributed by atoms with E-state index in [9.17, 15) is 8.42 Å². The molecule has 1 aromatic heterocycles. The highest BCUT2D eigenvalue weighted by molar-refractivity contribution is 9.10. The van der Waals surface area contributed by atoms with Gasteiger partial charge >= 0.3 is 0 Å². The first-order valence-electron chi connectivity index (χ1n) is 5.17. The molecule has 1 heterocycles. The minimum absolute atomic E-state index is 0.0475. The van der Waals surface area contributed by atoms with Crippen molar-refractivity contribution in [1.29, 1.82) is 0 Å². The summed E-state index contributed by atoms with van der Waals surface area (Å²) in [7, 11) is -2.43. The smallest absolute Gasteiger partial charge is 0.243 e. The lowest BCUT2D eigenvalue weighted by atomic mass is 10.4. The number of benzene rings is 1. The summed E-state index contributed by atoms with van der Waals surface area (Å²) in [4.78, 5) is -0.0502. The van der Waals surface area contributed by atoms with Gasteiger partial charge in [0.05, 0.1) is 10.0 Å². The molecule has 5 nitrogen and oxygen atoms in total. The topological polar surface area (TPSA) is 63.2 Å². The maximum absolute atomic E-state index is 12.5. The molecule has 0 atom stereocenters. The zero-order valence-corrected chi connectivity index (χ0v) is 15.0. The van der Waals surface area contributed by atoms with E-state index in [1.807, 2.05) is 0 Å². The Balaban J connectivity index is 2.53. The van der Waals surface area contributed by atoms with Crippen molar-refractivity contribution in [3.63, 3.8) is 0 Å². The lowest BCUT2D eigenvalue weighted by Crippen LogP contribution is -2.26. The summed E-state index contributed by atoms with van der Waals surface area (Å²) in [6, 6.07) is 2.74. The molecule has 0 aliphatic carbocycles. The molecular formula is C10H8BrCl2N3O2S2. The first-order valence-corrected chi connectivity index (χ1v) is 8.97. The van der Waals surface area contributed by atoms with Crippen molar-refractivity contribution < 1.29 is 8.42 Å². The fourth-order valence-electron chi connectivity index (χ4n) is 1.37. The minimum Gasteiger partial charge on any atom is -0.243 e. The summed E-state index contributed by atoms with van der Waals surface area (Å²) in [6.45, 7) is 1.74. The van der Waals surface area contributed by atoms with Gasteiger partial charge in [0.25, 0.3) is 10.0 Å².